The summed E-state index contributed by atoms with van der Waals surface area (Å²) in [6.45, 7) is 1.25. The van der Waals surface area contributed by atoms with Gasteiger partial charge in [0.15, 0.2) is 5.76 Å². The number of piperidine rings is 1. The number of anilines is 1. The monoisotopic (exact) mass is 433 g/mol. The lowest BCUT2D eigenvalue weighted by atomic mass is 10.0. The third-order valence-electron chi connectivity index (χ3n) is 4.87. The number of hydrogen-bond donors (Lipinski definition) is 2. The molecule has 3 amide bonds. The Labute approximate surface area is 179 Å². The van der Waals surface area contributed by atoms with Gasteiger partial charge < -0.3 is 24.7 Å². The van der Waals surface area contributed by atoms with E-state index in [-0.39, 0.29) is 28.5 Å². The average Bonchev–Trinajstić information content (AvgIpc) is 3.28. The molecule has 0 spiro atoms. The summed E-state index contributed by atoms with van der Waals surface area (Å²) in [4.78, 5) is 39.3. The molecule has 1 unspecified atom stereocenters. The molecule has 1 aromatic heterocycles. The summed E-state index contributed by atoms with van der Waals surface area (Å²) in [7, 11) is 1.55. The molecule has 0 aliphatic carbocycles. The number of carbonyl (C=O) groups excluding carboxylic acids is 3. The van der Waals surface area contributed by atoms with Crippen LogP contribution < -0.4 is 10.6 Å². The summed E-state index contributed by atoms with van der Waals surface area (Å²) in [5, 5.41) is 5.71. The number of halogens is 1. The van der Waals surface area contributed by atoms with Crippen molar-refractivity contribution in [3.63, 3.8) is 0 Å². The highest BCUT2D eigenvalue weighted by Crippen LogP contribution is 2.24. The van der Waals surface area contributed by atoms with E-state index < -0.39 is 6.04 Å². The molecule has 1 saturated heterocycles. The predicted octanol–water partition coefficient (Wildman–Crippen LogP) is 2.94. The molecule has 1 atom stereocenters. The smallest absolute Gasteiger partial charge is 0.290 e. The zero-order chi connectivity index (χ0) is 21.5. The maximum Gasteiger partial charge on any atom is 0.290 e. The highest BCUT2D eigenvalue weighted by atomic mass is 35.5. The molecule has 8 nitrogen and oxygen atoms in total. The lowest BCUT2D eigenvalue weighted by Crippen LogP contribution is -2.49. The number of amides is 3. The molecule has 1 aliphatic heterocycles. The van der Waals surface area contributed by atoms with Gasteiger partial charge in [0.2, 0.25) is 5.91 Å². The van der Waals surface area contributed by atoms with E-state index in [9.17, 15) is 14.4 Å². The molecule has 0 bridgehead atoms. The zero-order valence-corrected chi connectivity index (χ0v) is 17.4. The Morgan fingerprint density at radius 1 is 1.27 bits per heavy atom. The van der Waals surface area contributed by atoms with Gasteiger partial charge in [-0.05, 0) is 49.6 Å². The average molecular weight is 434 g/mol. The van der Waals surface area contributed by atoms with Crippen molar-refractivity contribution in [1.29, 1.82) is 0 Å². The molecule has 160 valence electrons. The zero-order valence-electron chi connectivity index (χ0n) is 16.7. The SMILES string of the molecule is COCCNC(=O)c1ccc(NC(=O)C2CCCCN2C(=O)c2ccco2)cc1Cl. The summed E-state index contributed by atoms with van der Waals surface area (Å²) in [5.41, 5.74) is 0.757. The second-order valence-electron chi connectivity index (χ2n) is 6.92. The van der Waals surface area contributed by atoms with Crippen LogP contribution in [0.3, 0.4) is 0 Å². The minimum atomic E-state index is -0.604. The fourth-order valence-corrected chi connectivity index (χ4v) is 3.62. The van der Waals surface area contributed by atoms with Gasteiger partial charge in [0, 0.05) is 25.9 Å². The standard InChI is InChI=1S/C21H24ClN3O5/c1-29-12-9-23-19(26)15-8-7-14(13-16(15)22)24-20(27)17-5-2-3-10-25(17)21(28)18-6-4-11-30-18/h4,6-8,11,13,17H,2-3,5,9-10,12H2,1H3,(H,23,26)(H,24,27). The molecule has 1 fully saturated rings. The topological polar surface area (TPSA) is 101 Å². The first-order valence-electron chi connectivity index (χ1n) is 9.73. The Kier molecular flexibility index (Phi) is 7.48. The Hall–Kier alpha value is -2.84. The number of furan rings is 1. The van der Waals surface area contributed by atoms with Crippen LogP contribution in [0.4, 0.5) is 5.69 Å². The third kappa shape index (κ3) is 5.20. The summed E-state index contributed by atoms with van der Waals surface area (Å²) in [6.07, 6.45) is 3.67. The molecular formula is C21H24ClN3O5. The first-order chi connectivity index (χ1) is 14.5. The first-order valence-corrected chi connectivity index (χ1v) is 10.1. The van der Waals surface area contributed by atoms with E-state index in [0.29, 0.717) is 37.4 Å². The molecule has 2 N–H and O–H groups in total. The van der Waals surface area contributed by atoms with Gasteiger partial charge in [-0.15, -0.1) is 0 Å². The van der Waals surface area contributed by atoms with Gasteiger partial charge >= 0.3 is 0 Å². The van der Waals surface area contributed by atoms with E-state index in [4.69, 9.17) is 20.8 Å². The molecule has 3 rings (SSSR count). The van der Waals surface area contributed by atoms with Crippen molar-refractivity contribution in [2.45, 2.75) is 25.3 Å². The fraction of sp³-hybridized carbons (Fsp3) is 0.381. The van der Waals surface area contributed by atoms with Gasteiger partial charge in [-0.3, -0.25) is 14.4 Å². The van der Waals surface area contributed by atoms with E-state index in [1.807, 2.05) is 0 Å². The van der Waals surface area contributed by atoms with Crippen molar-refractivity contribution in [2.24, 2.45) is 0 Å². The van der Waals surface area contributed by atoms with Gasteiger partial charge in [0.05, 0.1) is 23.5 Å². The highest BCUT2D eigenvalue weighted by molar-refractivity contribution is 6.34. The number of benzene rings is 1. The van der Waals surface area contributed by atoms with Crippen LogP contribution in [0.15, 0.2) is 41.0 Å². The van der Waals surface area contributed by atoms with Crippen LogP contribution >= 0.6 is 11.6 Å². The van der Waals surface area contributed by atoms with Crippen LogP contribution in [0, 0.1) is 0 Å². The van der Waals surface area contributed by atoms with E-state index in [1.165, 1.54) is 17.2 Å². The molecule has 30 heavy (non-hydrogen) atoms. The number of nitrogens with zero attached hydrogens (tertiary/aromatic N) is 1. The van der Waals surface area contributed by atoms with E-state index in [2.05, 4.69) is 10.6 Å². The van der Waals surface area contributed by atoms with Crippen LogP contribution in [-0.2, 0) is 9.53 Å². The van der Waals surface area contributed by atoms with Crippen molar-refractivity contribution in [3.8, 4) is 0 Å². The van der Waals surface area contributed by atoms with Gasteiger partial charge in [0.25, 0.3) is 11.8 Å². The number of hydrogen-bond acceptors (Lipinski definition) is 5. The lowest BCUT2D eigenvalue weighted by Gasteiger charge is -2.34. The number of likely N-dealkylation sites (tertiary alicyclic amines) is 1. The fourth-order valence-electron chi connectivity index (χ4n) is 3.35. The second-order valence-corrected chi connectivity index (χ2v) is 7.33. The Bertz CT molecular complexity index is 900. The normalized spacial score (nSPS) is 16.2. The van der Waals surface area contributed by atoms with Crippen molar-refractivity contribution < 1.29 is 23.5 Å². The van der Waals surface area contributed by atoms with Crippen LogP contribution in [0.1, 0.15) is 40.2 Å². The molecule has 1 aromatic carbocycles. The molecule has 1 aliphatic rings. The summed E-state index contributed by atoms with van der Waals surface area (Å²) in [5.74, 6) is -0.720. The number of methoxy groups -OCH3 is 1. The van der Waals surface area contributed by atoms with Crippen LogP contribution in [-0.4, -0.2) is 55.5 Å². The van der Waals surface area contributed by atoms with Crippen LogP contribution in [0.5, 0.6) is 0 Å². The van der Waals surface area contributed by atoms with E-state index >= 15 is 0 Å². The molecule has 9 heteroatoms. The Morgan fingerprint density at radius 3 is 2.80 bits per heavy atom. The second kappa shape index (κ2) is 10.3. The van der Waals surface area contributed by atoms with Crippen molar-refractivity contribution >= 4 is 35.0 Å². The number of ether oxygens (including phenoxy) is 1. The largest absolute Gasteiger partial charge is 0.459 e. The van der Waals surface area contributed by atoms with Crippen molar-refractivity contribution in [2.75, 3.05) is 32.1 Å². The maximum absolute atomic E-state index is 12.9. The quantitative estimate of drug-likeness (QED) is 0.654. The number of rotatable bonds is 7. The minimum Gasteiger partial charge on any atom is -0.459 e. The highest BCUT2D eigenvalue weighted by Gasteiger charge is 2.33. The summed E-state index contributed by atoms with van der Waals surface area (Å²) in [6, 6.07) is 7.30. The number of nitrogens with one attached hydrogen (secondary N) is 2. The maximum atomic E-state index is 12.9. The summed E-state index contributed by atoms with van der Waals surface area (Å²) < 4.78 is 10.1. The Morgan fingerprint density at radius 2 is 2.10 bits per heavy atom. The molecule has 0 saturated carbocycles. The van der Waals surface area contributed by atoms with Gasteiger partial charge in [-0.25, -0.2) is 0 Å². The molecule has 0 radical (unpaired) electrons. The number of carbonyl (C=O) groups is 3. The third-order valence-corrected chi connectivity index (χ3v) is 5.18. The minimum absolute atomic E-state index is 0.210. The first kappa shape index (κ1) is 21.9. The van der Waals surface area contributed by atoms with Crippen molar-refractivity contribution in [3.05, 3.63) is 52.9 Å². The van der Waals surface area contributed by atoms with E-state index in [0.717, 1.165) is 12.8 Å². The molecular weight excluding hydrogens is 410 g/mol. The summed E-state index contributed by atoms with van der Waals surface area (Å²) >= 11 is 6.23. The van der Waals surface area contributed by atoms with Gasteiger partial charge in [0.1, 0.15) is 6.04 Å². The lowest BCUT2D eigenvalue weighted by molar-refractivity contribution is -0.121. The van der Waals surface area contributed by atoms with Gasteiger partial charge in [-0.1, -0.05) is 11.6 Å². The van der Waals surface area contributed by atoms with E-state index in [1.54, 1.807) is 31.4 Å². The molecule has 2 heterocycles. The van der Waals surface area contributed by atoms with Gasteiger partial charge in [-0.2, -0.15) is 0 Å². The van der Waals surface area contributed by atoms with Crippen molar-refractivity contribution in [1.82, 2.24) is 10.2 Å². The van der Waals surface area contributed by atoms with Crippen LogP contribution in [0.2, 0.25) is 5.02 Å². The molecule has 2 aromatic rings. The predicted molar refractivity (Wildman–Crippen MR) is 112 cm³/mol. The Balaban J connectivity index is 1.67. The van der Waals surface area contributed by atoms with Crippen LogP contribution in [0.25, 0.3) is 0 Å².